The molecule has 0 spiro atoms. The summed E-state index contributed by atoms with van der Waals surface area (Å²) in [5.41, 5.74) is 13.8. The van der Waals surface area contributed by atoms with Gasteiger partial charge in [-0.2, -0.15) is 0 Å². The van der Waals surface area contributed by atoms with Gasteiger partial charge < -0.3 is 16.2 Å². The minimum absolute atomic E-state index is 0.0843. The fourth-order valence-corrected chi connectivity index (χ4v) is 1.74. The van der Waals surface area contributed by atoms with E-state index in [2.05, 4.69) is 12.1 Å². The molecule has 4 N–H and O–H groups in total. The molecule has 0 fully saturated rings. The predicted octanol–water partition coefficient (Wildman–Crippen LogP) is 2.13. The Kier molecular flexibility index (Phi) is 5.29. The van der Waals surface area contributed by atoms with Crippen molar-refractivity contribution in [2.24, 2.45) is 11.5 Å². The molecule has 0 aliphatic rings. The van der Waals surface area contributed by atoms with Crippen molar-refractivity contribution in [2.45, 2.75) is 32.2 Å². The highest BCUT2D eigenvalue weighted by Gasteiger charge is 2.08. The fourth-order valence-electron chi connectivity index (χ4n) is 1.74. The lowest BCUT2D eigenvalue weighted by atomic mass is 10.0. The van der Waals surface area contributed by atoms with Crippen LogP contribution in [-0.2, 0) is 0 Å². The van der Waals surface area contributed by atoms with Gasteiger partial charge in [0.1, 0.15) is 5.75 Å². The summed E-state index contributed by atoms with van der Waals surface area (Å²) in [5, 5.41) is 0. The maximum absolute atomic E-state index is 6.11. The first-order chi connectivity index (χ1) is 7.69. The number of ether oxygens (including phenoxy) is 1. The van der Waals surface area contributed by atoms with E-state index in [0.29, 0.717) is 0 Å². The minimum atomic E-state index is 0.0843. The van der Waals surface area contributed by atoms with E-state index in [1.165, 1.54) is 0 Å². The summed E-state index contributed by atoms with van der Waals surface area (Å²) in [5.74, 6) is 0.909. The van der Waals surface area contributed by atoms with Crippen LogP contribution in [0, 0.1) is 6.92 Å². The third-order valence-electron chi connectivity index (χ3n) is 2.83. The molecule has 0 bridgehead atoms. The van der Waals surface area contributed by atoms with E-state index in [-0.39, 0.29) is 6.04 Å². The number of methoxy groups -OCH3 is 1. The molecular formula is C13H22N2O. The predicted molar refractivity (Wildman–Crippen MR) is 67.6 cm³/mol. The second kappa shape index (κ2) is 6.51. The Hall–Kier alpha value is -1.06. The summed E-state index contributed by atoms with van der Waals surface area (Å²) >= 11 is 0. The third kappa shape index (κ3) is 3.51. The molecule has 0 aliphatic carbocycles. The lowest BCUT2D eigenvalue weighted by molar-refractivity contribution is 0.410. The van der Waals surface area contributed by atoms with E-state index in [4.69, 9.17) is 16.2 Å². The van der Waals surface area contributed by atoms with Crippen LogP contribution < -0.4 is 16.2 Å². The lowest BCUT2D eigenvalue weighted by Crippen LogP contribution is -2.11. The molecule has 0 aliphatic heterocycles. The lowest BCUT2D eigenvalue weighted by Gasteiger charge is -2.14. The maximum Gasteiger partial charge on any atom is 0.122 e. The van der Waals surface area contributed by atoms with E-state index >= 15 is 0 Å². The van der Waals surface area contributed by atoms with Crippen LogP contribution >= 0.6 is 0 Å². The van der Waals surface area contributed by atoms with Gasteiger partial charge in [-0.25, -0.2) is 0 Å². The van der Waals surface area contributed by atoms with Crippen LogP contribution in [0.5, 0.6) is 5.75 Å². The van der Waals surface area contributed by atoms with Crippen molar-refractivity contribution in [3.8, 4) is 5.75 Å². The number of nitrogens with two attached hydrogens (primary N) is 2. The van der Waals surface area contributed by atoms with Crippen molar-refractivity contribution in [1.82, 2.24) is 0 Å². The third-order valence-corrected chi connectivity index (χ3v) is 2.83. The van der Waals surface area contributed by atoms with Gasteiger partial charge in [-0.3, -0.25) is 0 Å². The molecular weight excluding hydrogens is 200 g/mol. The first kappa shape index (κ1) is 13.0. The largest absolute Gasteiger partial charge is 0.496 e. The van der Waals surface area contributed by atoms with E-state index in [9.17, 15) is 0 Å². The molecule has 0 saturated carbocycles. The number of rotatable bonds is 6. The van der Waals surface area contributed by atoms with Gasteiger partial charge in [0, 0.05) is 6.04 Å². The van der Waals surface area contributed by atoms with Gasteiger partial charge >= 0.3 is 0 Å². The van der Waals surface area contributed by atoms with E-state index in [1.807, 2.05) is 13.0 Å². The van der Waals surface area contributed by atoms with Crippen LogP contribution in [0.15, 0.2) is 18.2 Å². The van der Waals surface area contributed by atoms with Crippen molar-refractivity contribution in [2.75, 3.05) is 13.7 Å². The topological polar surface area (TPSA) is 61.3 Å². The number of unbranched alkanes of at least 4 members (excludes halogenated alkanes) is 1. The monoisotopic (exact) mass is 222 g/mol. The zero-order valence-electron chi connectivity index (χ0n) is 10.2. The molecule has 0 unspecified atom stereocenters. The minimum Gasteiger partial charge on any atom is -0.496 e. The van der Waals surface area contributed by atoms with Gasteiger partial charge in [-0.15, -0.1) is 0 Å². The van der Waals surface area contributed by atoms with Crippen LogP contribution in [0.1, 0.15) is 36.4 Å². The van der Waals surface area contributed by atoms with E-state index < -0.39 is 0 Å². The van der Waals surface area contributed by atoms with Crippen LogP contribution in [-0.4, -0.2) is 13.7 Å². The quantitative estimate of drug-likeness (QED) is 0.725. The molecule has 90 valence electrons. The highest BCUT2D eigenvalue weighted by Crippen LogP contribution is 2.24. The highest BCUT2D eigenvalue weighted by molar-refractivity contribution is 5.37. The van der Waals surface area contributed by atoms with Gasteiger partial charge in [0.25, 0.3) is 0 Å². The molecule has 3 heteroatoms. The average molecular weight is 222 g/mol. The smallest absolute Gasteiger partial charge is 0.122 e. The van der Waals surface area contributed by atoms with Crippen LogP contribution in [0.25, 0.3) is 0 Å². The molecule has 1 aromatic rings. The van der Waals surface area contributed by atoms with Crippen LogP contribution in [0.3, 0.4) is 0 Å². The van der Waals surface area contributed by atoms with E-state index in [1.54, 1.807) is 7.11 Å². The molecule has 1 aromatic carbocycles. The van der Waals surface area contributed by atoms with Crippen LogP contribution in [0.4, 0.5) is 0 Å². The first-order valence-corrected chi connectivity index (χ1v) is 5.79. The summed E-state index contributed by atoms with van der Waals surface area (Å²) in [6.07, 6.45) is 3.09. The number of hydrogen-bond acceptors (Lipinski definition) is 3. The Balaban J connectivity index is 2.64. The molecule has 16 heavy (non-hydrogen) atoms. The fraction of sp³-hybridized carbons (Fsp3) is 0.538. The Morgan fingerprint density at radius 1 is 1.31 bits per heavy atom. The standard InChI is InChI=1S/C13H22N2O/c1-10-6-7-11(9-13(10)16-2)12(15)5-3-4-8-14/h6-7,9,12H,3-5,8,14-15H2,1-2H3/t12-/m1/s1. The number of benzene rings is 1. The summed E-state index contributed by atoms with van der Waals surface area (Å²) in [6, 6.07) is 6.24. The van der Waals surface area contributed by atoms with Gasteiger partial charge in [0.05, 0.1) is 7.11 Å². The molecule has 0 aromatic heterocycles. The molecule has 0 radical (unpaired) electrons. The Bertz CT molecular complexity index is 326. The van der Waals surface area contributed by atoms with Gasteiger partial charge in [0.2, 0.25) is 0 Å². The normalized spacial score (nSPS) is 12.5. The second-order valence-electron chi connectivity index (χ2n) is 4.12. The van der Waals surface area contributed by atoms with Crippen molar-refractivity contribution in [3.05, 3.63) is 29.3 Å². The van der Waals surface area contributed by atoms with Crippen molar-refractivity contribution in [3.63, 3.8) is 0 Å². The number of aryl methyl sites for hydroxylation is 1. The zero-order valence-corrected chi connectivity index (χ0v) is 10.2. The Morgan fingerprint density at radius 2 is 2.06 bits per heavy atom. The van der Waals surface area contributed by atoms with Crippen molar-refractivity contribution >= 4 is 0 Å². The second-order valence-corrected chi connectivity index (χ2v) is 4.12. The summed E-state index contributed by atoms with van der Waals surface area (Å²) in [4.78, 5) is 0. The average Bonchev–Trinajstić information content (AvgIpc) is 2.30. The van der Waals surface area contributed by atoms with E-state index in [0.717, 1.165) is 42.7 Å². The Morgan fingerprint density at radius 3 is 2.69 bits per heavy atom. The first-order valence-electron chi connectivity index (χ1n) is 5.79. The maximum atomic E-state index is 6.11. The summed E-state index contributed by atoms with van der Waals surface area (Å²) in [6.45, 7) is 2.77. The molecule has 0 amide bonds. The SMILES string of the molecule is COc1cc([C@H](N)CCCCN)ccc1C. The summed E-state index contributed by atoms with van der Waals surface area (Å²) in [7, 11) is 1.69. The molecule has 1 atom stereocenters. The summed E-state index contributed by atoms with van der Waals surface area (Å²) < 4.78 is 5.29. The van der Waals surface area contributed by atoms with Gasteiger partial charge in [0.15, 0.2) is 0 Å². The highest BCUT2D eigenvalue weighted by atomic mass is 16.5. The molecule has 0 saturated heterocycles. The van der Waals surface area contributed by atoms with Gasteiger partial charge in [-0.05, 0) is 43.5 Å². The molecule has 3 nitrogen and oxygen atoms in total. The van der Waals surface area contributed by atoms with Crippen LogP contribution in [0.2, 0.25) is 0 Å². The molecule has 1 rings (SSSR count). The van der Waals surface area contributed by atoms with Gasteiger partial charge in [-0.1, -0.05) is 18.6 Å². The Labute approximate surface area is 97.8 Å². The molecule has 0 heterocycles. The van der Waals surface area contributed by atoms with Crippen molar-refractivity contribution < 1.29 is 4.74 Å². The number of hydrogen-bond donors (Lipinski definition) is 2. The zero-order chi connectivity index (χ0) is 12.0. The van der Waals surface area contributed by atoms with Crippen molar-refractivity contribution in [1.29, 1.82) is 0 Å².